The molecular weight excluding hydrogens is 210 g/mol. The minimum atomic E-state index is 0.449. The molecule has 0 aliphatic heterocycles. The molecule has 1 aromatic rings. The molecule has 0 spiro atoms. The normalized spacial score (nSPS) is 16.8. The van der Waals surface area contributed by atoms with Crippen molar-refractivity contribution in [3.63, 3.8) is 0 Å². The molecule has 3 heteroatoms. The van der Waals surface area contributed by atoms with Crippen LogP contribution < -0.4 is 5.73 Å². The number of anilines is 1. The van der Waals surface area contributed by atoms with E-state index in [9.17, 15) is 0 Å². The number of rotatable bonds is 4. The van der Waals surface area contributed by atoms with Crippen LogP contribution in [0, 0.1) is 5.92 Å². The van der Waals surface area contributed by atoms with E-state index in [1.807, 2.05) is 0 Å². The fraction of sp³-hybridized carbons (Fsp3) is 0.786. The zero-order valence-corrected chi connectivity index (χ0v) is 11.5. The molecule has 2 N–H and O–H groups in total. The molecule has 1 aromatic heterocycles. The van der Waals surface area contributed by atoms with Gasteiger partial charge in [-0.15, -0.1) is 0 Å². The minimum Gasteiger partial charge on any atom is -0.384 e. The highest BCUT2D eigenvalue weighted by Gasteiger charge is 2.27. The number of aromatic nitrogens is 2. The highest BCUT2D eigenvalue weighted by Crippen LogP contribution is 2.39. The second-order valence-corrected chi connectivity index (χ2v) is 6.03. The monoisotopic (exact) mass is 235 g/mol. The maximum atomic E-state index is 6.30. The lowest BCUT2D eigenvalue weighted by molar-refractivity contribution is 0.412. The fourth-order valence-electron chi connectivity index (χ4n) is 2.48. The number of nitrogens with zero attached hydrogens (tertiary/aromatic N) is 2. The summed E-state index contributed by atoms with van der Waals surface area (Å²) >= 11 is 0. The Hall–Kier alpha value is -0.990. The van der Waals surface area contributed by atoms with Gasteiger partial charge in [-0.25, -0.2) is 4.98 Å². The number of nitrogen functional groups attached to an aromatic ring is 1. The average molecular weight is 235 g/mol. The molecule has 0 unspecified atom stereocenters. The maximum absolute atomic E-state index is 6.30. The van der Waals surface area contributed by atoms with Crippen molar-refractivity contribution in [2.75, 3.05) is 5.73 Å². The average Bonchev–Trinajstić information content (AvgIpc) is 2.43. The van der Waals surface area contributed by atoms with E-state index in [4.69, 9.17) is 10.7 Å². The molecule has 0 radical (unpaired) electrons. The predicted molar refractivity (Wildman–Crippen MR) is 72.2 cm³/mol. The molecule has 1 saturated carbocycles. The van der Waals surface area contributed by atoms with Crippen LogP contribution in [0.25, 0.3) is 0 Å². The number of hydrogen-bond acceptors (Lipinski definition) is 2. The summed E-state index contributed by atoms with van der Waals surface area (Å²) in [5.74, 6) is 3.77. The van der Waals surface area contributed by atoms with E-state index in [1.165, 1.54) is 25.0 Å². The van der Waals surface area contributed by atoms with Gasteiger partial charge >= 0.3 is 0 Å². The van der Waals surface area contributed by atoms with Crippen LogP contribution in [0.15, 0.2) is 0 Å². The Kier molecular flexibility index (Phi) is 3.45. The van der Waals surface area contributed by atoms with Crippen LogP contribution in [-0.2, 0) is 6.54 Å². The molecule has 0 bridgehead atoms. The molecule has 17 heavy (non-hydrogen) atoms. The highest BCUT2D eigenvalue weighted by molar-refractivity contribution is 5.42. The molecule has 0 atom stereocenters. The van der Waals surface area contributed by atoms with Crippen LogP contribution in [0.1, 0.15) is 70.3 Å². The summed E-state index contributed by atoms with van der Waals surface area (Å²) in [6.07, 6.45) is 3.86. The Morgan fingerprint density at radius 1 is 1.29 bits per heavy atom. The molecular formula is C14H25N3. The lowest BCUT2D eigenvalue weighted by Gasteiger charge is -2.24. The van der Waals surface area contributed by atoms with E-state index in [-0.39, 0.29) is 0 Å². The van der Waals surface area contributed by atoms with Gasteiger partial charge in [0.25, 0.3) is 0 Å². The quantitative estimate of drug-likeness (QED) is 0.868. The topological polar surface area (TPSA) is 43.8 Å². The van der Waals surface area contributed by atoms with Crippen molar-refractivity contribution in [1.82, 2.24) is 9.55 Å². The lowest BCUT2D eigenvalue weighted by atomic mass is 9.83. The lowest BCUT2D eigenvalue weighted by Crippen LogP contribution is -2.14. The molecule has 2 rings (SSSR count). The molecule has 96 valence electrons. The number of hydrogen-bond donors (Lipinski definition) is 1. The summed E-state index contributed by atoms with van der Waals surface area (Å²) in [4.78, 5) is 4.82. The van der Waals surface area contributed by atoms with Crippen LogP contribution in [0.3, 0.4) is 0 Å². The summed E-state index contributed by atoms with van der Waals surface area (Å²) in [5.41, 5.74) is 7.47. The first-order valence-corrected chi connectivity index (χ1v) is 6.86. The molecule has 0 aromatic carbocycles. The van der Waals surface area contributed by atoms with Gasteiger partial charge in [0.2, 0.25) is 0 Å². The Morgan fingerprint density at radius 2 is 1.94 bits per heavy atom. The molecule has 3 nitrogen and oxygen atoms in total. The summed E-state index contributed by atoms with van der Waals surface area (Å²) in [6.45, 7) is 9.84. The third kappa shape index (κ3) is 2.33. The summed E-state index contributed by atoms with van der Waals surface area (Å²) < 4.78 is 2.24. The van der Waals surface area contributed by atoms with Crippen molar-refractivity contribution >= 4 is 5.82 Å². The smallest absolute Gasteiger partial charge is 0.127 e. The molecule has 0 saturated heterocycles. The van der Waals surface area contributed by atoms with E-state index in [2.05, 4.69) is 32.3 Å². The molecule has 1 fully saturated rings. The van der Waals surface area contributed by atoms with Crippen molar-refractivity contribution in [2.45, 2.75) is 65.3 Å². The van der Waals surface area contributed by atoms with Gasteiger partial charge in [-0.2, -0.15) is 0 Å². The van der Waals surface area contributed by atoms with Crippen LogP contribution >= 0.6 is 0 Å². The van der Waals surface area contributed by atoms with Crippen molar-refractivity contribution in [3.05, 3.63) is 11.5 Å². The first-order valence-electron chi connectivity index (χ1n) is 6.86. The summed E-state index contributed by atoms with van der Waals surface area (Å²) in [7, 11) is 0. The Balaban J connectivity index is 2.35. The van der Waals surface area contributed by atoms with Crippen molar-refractivity contribution in [2.24, 2.45) is 5.92 Å². The van der Waals surface area contributed by atoms with E-state index >= 15 is 0 Å². The second kappa shape index (κ2) is 4.71. The third-order valence-electron chi connectivity index (χ3n) is 3.62. The maximum Gasteiger partial charge on any atom is 0.127 e. The highest BCUT2D eigenvalue weighted by atomic mass is 15.1. The van der Waals surface area contributed by atoms with Gasteiger partial charge < -0.3 is 10.3 Å². The first kappa shape index (κ1) is 12.5. The van der Waals surface area contributed by atoms with Crippen molar-refractivity contribution in [3.8, 4) is 0 Å². The minimum absolute atomic E-state index is 0.449. The number of imidazole rings is 1. The zero-order valence-electron chi connectivity index (χ0n) is 11.5. The Bertz CT molecular complexity index is 386. The van der Waals surface area contributed by atoms with Gasteiger partial charge in [0.15, 0.2) is 0 Å². The third-order valence-corrected chi connectivity index (χ3v) is 3.62. The van der Waals surface area contributed by atoms with E-state index in [1.54, 1.807) is 0 Å². The fourth-order valence-corrected chi connectivity index (χ4v) is 2.48. The molecule has 0 amide bonds. The van der Waals surface area contributed by atoms with Crippen molar-refractivity contribution in [1.29, 1.82) is 0 Å². The summed E-state index contributed by atoms with van der Waals surface area (Å²) in [5, 5.41) is 0. The van der Waals surface area contributed by atoms with E-state index in [0.717, 1.165) is 18.2 Å². The van der Waals surface area contributed by atoms with Crippen LogP contribution in [0.5, 0.6) is 0 Å². The Labute approximate surface area is 104 Å². The van der Waals surface area contributed by atoms with Gasteiger partial charge in [-0.1, -0.05) is 34.1 Å². The predicted octanol–water partition coefficient (Wildman–Crippen LogP) is 3.51. The van der Waals surface area contributed by atoms with Gasteiger partial charge in [0.05, 0.1) is 5.69 Å². The van der Waals surface area contributed by atoms with Gasteiger partial charge in [-0.3, -0.25) is 0 Å². The van der Waals surface area contributed by atoms with Gasteiger partial charge in [0.1, 0.15) is 11.6 Å². The largest absolute Gasteiger partial charge is 0.384 e. The Morgan fingerprint density at radius 3 is 2.35 bits per heavy atom. The van der Waals surface area contributed by atoms with Crippen LogP contribution in [0.4, 0.5) is 5.82 Å². The molecule has 1 aliphatic rings. The van der Waals surface area contributed by atoms with Crippen molar-refractivity contribution < 1.29 is 0 Å². The van der Waals surface area contributed by atoms with E-state index in [0.29, 0.717) is 17.8 Å². The van der Waals surface area contributed by atoms with Crippen LogP contribution in [-0.4, -0.2) is 9.55 Å². The SMILES string of the molecule is CC(C)Cn1c(C(C)C)nc(C2CCC2)c1N. The number of nitrogens with two attached hydrogens (primary N) is 1. The van der Waals surface area contributed by atoms with E-state index < -0.39 is 0 Å². The zero-order chi connectivity index (χ0) is 12.6. The molecule has 1 heterocycles. The second-order valence-electron chi connectivity index (χ2n) is 6.03. The standard InChI is InChI=1S/C14H25N3/c1-9(2)8-17-13(15)12(11-6-5-7-11)16-14(17)10(3)4/h9-11H,5-8,15H2,1-4H3. The first-order chi connectivity index (χ1) is 8.00. The van der Waals surface area contributed by atoms with Gasteiger partial charge in [-0.05, 0) is 18.8 Å². The van der Waals surface area contributed by atoms with Crippen LogP contribution in [0.2, 0.25) is 0 Å². The molecule has 1 aliphatic carbocycles. The summed E-state index contributed by atoms with van der Waals surface area (Å²) in [6, 6.07) is 0. The van der Waals surface area contributed by atoms with Gasteiger partial charge in [0, 0.05) is 18.4 Å².